The SMILES string of the molecule is CSCCC(C)N(C)S(=O)(=O)c1cc(F)c(Cl)c(CCl)c1. The molecule has 0 aliphatic rings. The third-order valence-electron chi connectivity index (χ3n) is 3.26. The first-order valence-electron chi connectivity index (χ1n) is 6.26. The minimum atomic E-state index is -3.77. The number of alkyl halides is 1. The van der Waals surface area contributed by atoms with Gasteiger partial charge < -0.3 is 0 Å². The summed E-state index contributed by atoms with van der Waals surface area (Å²) in [7, 11) is -2.28. The number of thioether (sulfide) groups is 1. The molecule has 0 aliphatic heterocycles. The Balaban J connectivity index is 3.16. The molecule has 0 fully saturated rings. The molecule has 0 bridgehead atoms. The lowest BCUT2D eigenvalue weighted by molar-refractivity contribution is 0.382. The highest BCUT2D eigenvalue weighted by atomic mass is 35.5. The first-order valence-corrected chi connectivity index (χ1v) is 10.0. The third-order valence-corrected chi connectivity index (χ3v) is 6.56. The van der Waals surface area contributed by atoms with Gasteiger partial charge in [-0.25, -0.2) is 12.8 Å². The molecule has 1 aromatic rings. The number of rotatable bonds is 7. The van der Waals surface area contributed by atoms with Gasteiger partial charge in [0.1, 0.15) is 5.82 Å². The van der Waals surface area contributed by atoms with E-state index in [0.29, 0.717) is 0 Å². The van der Waals surface area contributed by atoms with Gasteiger partial charge in [0.05, 0.1) is 9.92 Å². The highest BCUT2D eigenvalue weighted by Crippen LogP contribution is 2.28. The average molecular weight is 374 g/mol. The normalized spacial score (nSPS) is 13.7. The van der Waals surface area contributed by atoms with Crippen LogP contribution in [0, 0.1) is 5.82 Å². The van der Waals surface area contributed by atoms with E-state index in [1.165, 1.54) is 17.4 Å². The Bertz CT molecular complexity index is 596. The topological polar surface area (TPSA) is 37.4 Å². The van der Waals surface area contributed by atoms with Crippen LogP contribution in [-0.2, 0) is 15.9 Å². The Hall–Kier alpha value is -0.0100. The molecule has 0 aliphatic carbocycles. The van der Waals surface area contributed by atoms with Crippen LogP contribution in [0.25, 0.3) is 0 Å². The van der Waals surface area contributed by atoms with Crippen molar-refractivity contribution in [2.24, 2.45) is 0 Å². The molecule has 1 aromatic carbocycles. The molecular formula is C13H18Cl2FNO2S2. The molecule has 0 radical (unpaired) electrons. The lowest BCUT2D eigenvalue weighted by atomic mass is 10.2. The van der Waals surface area contributed by atoms with Crippen molar-refractivity contribution in [3.8, 4) is 0 Å². The van der Waals surface area contributed by atoms with E-state index in [1.54, 1.807) is 11.8 Å². The van der Waals surface area contributed by atoms with Crippen LogP contribution >= 0.6 is 35.0 Å². The van der Waals surface area contributed by atoms with Gasteiger partial charge in [0.25, 0.3) is 0 Å². The second-order valence-corrected chi connectivity index (χ2v) is 8.29. The van der Waals surface area contributed by atoms with Gasteiger partial charge in [-0.2, -0.15) is 16.1 Å². The molecule has 0 heterocycles. The zero-order chi connectivity index (χ0) is 16.2. The second kappa shape index (κ2) is 8.02. The number of hydrogen-bond acceptors (Lipinski definition) is 3. The van der Waals surface area contributed by atoms with Crippen LogP contribution in [0.2, 0.25) is 5.02 Å². The van der Waals surface area contributed by atoms with E-state index in [4.69, 9.17) is 23.2 Å². The van der Waals surface area contributed by atoms with Crippen LogP contribution in [0.15, 0.2) is 17.0 Å². The number of benzene rings is 1. The largest absolute Gasteiger partial charge is 0.243 e. The Morgan fingerprint density at radius 2 is 2.05 bits per heavy atom. The van der Waals surface area contributed by atoms with E-state index in [9.17, 15) is 12.8 Å². The van der Waals surface area contributed by atoms with Gasteiger partial charge in [0.2, 0.25) is 10.0 Å². The number of nitrogens with zero attached hydrogens (tertiary/aromatic N) is 1. The monoisotopic (exact) mass is 373 g/mol. The van der Waals surface area contributed by atoms with E-state index in [1.807, 2.05) is 13.2 Å². The predicted octanol–water partition coefficient (Wildman–Crippen LogP) is 3.98. The second-order valence-electron chi connectivity index (χ2n) is 4.66. The Morgan fingerprint density at radius 1 is 1.43 bits per heavy atom. The van der Waals surface area contributed by atoms with Gasteiger partial charge in [0.15, 0.2) is 0 Å². The summed E-state index contributed by atoms with van der Waals surface area (Å²) in [5.41, 5.74) is 0.266. The summed E-state index contributed by atoms with van der Waals surface area (Å²) in [4.78, 5) is -0.126. The Labute approximate surface area is 139 Å². The fourth-order valence-corrected chi connectivity index (χ4v) is 4.23. The fourth-order valence-electron chi connectivity index (χ4n) is 1.74. The molecule has 0 aromatic heterocycles. The zero-order valence-corrected chi connectivity index (χ0v) is 15.2. The Kier molecular flexibility index (Phi) is 7.27. The molecule has 21 heavy (non-hydrogen) atoms. The van der Waals surface area contributed by atoms with Crippen LogP contribution in [0.3, 0.4) is 0 Å². The minimum Gasteiger partial charge on any atom is -0.207 e. The molecule has 1 unspecified atom stereocenters. The van der Waals surface area contributed by atoms with Gasteiger partial charge in [-0.1, -0.05) is 11.6 Å². The number of sulfonamides is 1. The van der Waals surface area contributed by atoms with Gasteiger partial charge in [-0.05, 0) is 43.0 Å². The van der Waals surface area contributed by atoms with Crippen LogP contribution in [0.1, 0.15) is 18.9 Å². The maximum absolute atomic E-state index is 13.7. The van der Waals surface area contributed by atoms with Gasteiger partial charge >= 0.3 is 0 Å². The smallest absolute Gasteiger partial charge is 0.207 e. The molecule has 0 amide bonds. The summed E-state index contributed by atoms with van der Waals surface area (Å²) in [5.74, 6) is 0.0203. The molecular weight excluding hydrogens is 356 g/mol. The van der Waals surface area contributed by atoms with Crippen LogP contribution in [-0.4, -0.2) is 37.8 Å². The van der Waals surface area contributed by atoms with Crippen molar-refractivity contribution < 1.29 is 12.8 Å². The van der Waals surface area contributed by atoms with Crippen LogP contribution in [0.4, 0.5) is 4.39 Å². The quantitative estimate of drug-likeness (QED) is 0.678. The fraction of sp³-hybridized carbons (Fsp3) is 0.538. The molecule has 0 saturated heterocycles. The highest BCUT2D eigenvalue weighted by molar-refractivity contribution is 7.98. The van der Waals surface area contributed by atoms with E-state index in [0.717, 1.165) is 18.2 Å². The molecule has 8 heteroatoms. The molecule has 120 valence electrons. The van der Waals surface area contributed by atoms with Crippen LogP contribution < -0.4 is 0 Å². The number of halogens is 3. The molecule has 3 nitrogen and oxygen atoms in total. The van der Waals surface area contributed by atoms with Gasteiger partial charge in [-0.15, -0.1) is 11.6 Å². The molecule has 0 saturated carbocycles. The lowest BCUT2D eigenvalue weighted by Gasteiger charge is -2.24. The summed E-state index contributed by atoms with van der Waals surface area (Å²) in [6.07, 6.45) is 2.68. The maximum Gasteiger partial charge on any atom is 0.243 e. The van der Waals surface area contributed by atoms with Crippen molar-refractivity contribution in [1.82, 2.24) is 4.31 Å². The Morgan fingerprint density at radius 3 is 2.57 bits per heavy atom. The van der Waals surface area contributed by atoms with Crippen molar-refractivity contribution in [3.05, 3.63) is 28.5 Å². The minimum absolute atomic E-state index is 0.0507. The van der Waals surface area contributed by atoms with E-state index in [-0.39, 0.29) is 27.4 Å². The summed E-state index contributed by atoms with van der Waals surface area (Å²) in [6.45, 7) is 1.82. The summed E-state index contributed by atoms with van der Waals surface area (Å²) >= 11 is 13.1. The standard InChI is InChI=1S/C13H18Cl2FNO2S2/c1-9(4-5-20-3)17(2)21(18,19)11-6-10(8-14)13(15)12(16)7-11/h6-7,9H,4-5,8H2,1-3H3. The van der Waals surface area contributed by atoms with Crippen molar-refractivity contribution in [1.29, 1.82) is 0 Å². The van der Waals surface area contributed by atoms with Crippen molar-refractivity contribution in [2.75, 3.05) is 19.1 Å². The van der Waals surface area contributed by atoms with E-state index < -0.39 is 15.8 Å². The lowest BCUT2D eigenvalue weighted by Crippen LogP contribution is -2.35. The average Bonchev–Trinajstić information content (AvgIpc) is 2.46. The molecule has 1 rings (SSSR count). The third kappa shape index (κ3) is 4.48. The van der Waals surface area contributed by atoms with E-state index >= 15 is 0 Å². The number of hydrogen-bond donors (Lipinski definition) is 0. The first kappa shape index (κ1) is 19.0. The van der Waals surface area contributed by atoms with Gasteiger partial charge in [0, 0.05) is 19.0 Å². The predicted molar refractivity (Wildman–Crippen MR) is 88.4 cm³/mol. The molecule has 1 atom stereocenters. The van der Waals surface area contributed by atoms with Gasteiger partial charge in [-0.3, -0.25) is 0 Å². The van der Waals surface area contributed by atoms with Crippen molar-refractivity contribution in [2.45, 2.75) is 30.2 Å². The first-order chi connectivity index (χ1) is 9.75. The van der Waals surface area contributed by atoms with Crippen molar-refractivity contribution >= 4 is 45.0 Å². The van der Waals surface area contributed by atoms with Crippen molar-refractivity contribution in [3.63, 3.8) is 0 Å². The highest BCUT2D eigenvalue weighted by Gasteiger charge is 2.27. The zero-order valence-electron chi connectivity index (χ0n) is 12.1. The summed E-state index contributed by atoms with van der Waals surface area (Å²) in [5, 5.41) is -0.137. The summed E-state index contributed by atoms with van der Waals surface area (Å²) < 4.78 is 40.1. The van der Waals surface area contributed by atoms with Crippen LogP contribution in [0.5, 0.6) is 0 Å². The summed E-state index contributed by atoms with van der Waals surface area (Å²) in [6, 6.07) is 2.08. The molecule has 0 N–H and O–H groups in total. The molecule has 0 spiro atoms. The van der Waals surface area contributed by atoms with E-state index in [2.05, 4.69) is 0 Å². The maximum atomic E-state index is 13.7.